The van der Waals surface area contributed by atoms with E-state index in [1.807, 2.05) is 6.92 Å². The highest BCUT2D eigenvalue weighted by molar-refractivity contribution is 5.85. The van der Waals surface area contributed by atoms with Crippen molar-refractivity contribution >= 4 is 10.9 Å². The van der Waals surface area contributed by atoms with E-state index < -0.39 is 0 Å². The van der Waals surface area contributed by atoms with Crippen molar-refractivity contribution in [2.75, 3.05) is 13.1 Å². The molecule has 7 heteroatoms. The minimum Gasteiger partial charge on any atom is -0.322 e. The Morgan fingerprint density at radius 1 is 1.03 bits per heavy atom. The number of benzene rings is 1. The number of hydrogen-bond acceptors (Lipinski definition) is 4. The Morgan fingerprint density at radius 3 is 2.52 bits per heavy atom. The van der Waals surface area contributed by atoms with Crippen molar-refractivity contribution in [2.45, 2.75) is 77.3 Å². The fourth-order valence-electron chi connectivity index (χ4n) is 5.62. The summed E-state index contributed by atoms with van der Waals surface area (Å²) in [5.41, 5.74) is 4.00. The van der Waals surface area contributed by atoms with E-state index in [1.54, 1.807) is 0 Å². The van der Waals surface area contributed by atoms with Gasteiger partial charge in [0.2, 0.25) is 5.82 Å². The number of aromatic amines is 1. The maximum Gasteiger partial charge on any atom is 0.258 e. The molecule has 0 bridgehead atoms. The monoisotopic (exact) mass is 421 g/mol. The zero-order valence-corrected chi connectivity index (χ0v) is 18.7. The van der Waals surface area contributed by atoms with Gasteiger partial charge in [-0.3, -0.25) is 4.79 Å². The molecular formula is C24H33N6O+. The lowest BCUT2D eigenvalue weighted by Gasteiger charge is -2.32. The summed E-state index contributed by atoms with van der Waals surface area (Å²) in [6.45, 7) is 6.26. The van der Waals surface area contributed by atoms with Gasteiger partial charge >= 0.3 is 0 Å². The fourth-order valence-corrected chi connectivity index (χ4v) is 5.62. The van der Waals surface area contributed by atoms with E-state index in [1.165, 1.54) is 49.0 Å². The van der Waals surface area contributed by atoms with E-state index in [4.69, 9.17) is 0 Å². The van der Waals surface area contributed by atoms with Crippen LogP contribution in [0.15, 0.2) is 23.0 Å². The number of tetrazole rings is 1. The van der Waals surface area contributed by atoms with Crippen molar-refractivity contribution in [1.29, 1.82) is 0 Å². The van der Waals surface area contributed by atoms with Crippen LogP contribution >= 0.6 is 0 Å². The van der Waals surface area contributed by atoms with Crippen LogP contribution in [0.3, 0.4) is 0 Å². The van der Waals surface area contributed by atoms with Gasteiger partial charge in [0.15, 0.2) is 6.04 Å². The van der Waals surface area contributed by atoms with Crippen LogP contribution in [0.2, 0.25) is 0 Å². The second-order valence-electron chi connectivity index (χ2n) is 9.47. The van der Waals surface area contributed by atoms with Gasteiger partial charge in [0.05, 0.1) is 30.2 Å². The zero-order chi connectivity index (χ0) is 21.4. The van der Waals surface area contributed by atoms with Crippen molar-refractivity contribution < 1.29 is 4.90 Å². The van der Waals surface area contributed by atoms with Crippen molar-refractivity contribution in [1.82, 2.24) is 25.2 Å². The molecule has 0 unspecified atom stereocenters. The highest BCUT2D eigenvalue weighted by atomic mass is 16.1. The number of pyridine rings is 1. The number of fused-ring (bicyclic) bond motifs is 1. The van der Waals surface area contributed by atoms with Crippen LogP contribution in [0.1, 0.15) is 86.0 Å². The summed E-state index contributed by atoms with van der Waals surface area (Å²) < 4.78 is 2.05. The molecule has 0 spiro atoms. The molecule has 0 amide bonds. The average Bonchev–Trinajstić information content (AvgIpc) is 3.28. The van der Waals surface area contributed by atoms with Crippen LogP contribution in [0.5, 0.6) is 0 Å². The van der Waals surface area contributed by atoms with Gasteiger partial charge < -0.3 is 9.88 Å². The first kappa shape index (κ1) is 20.4. The average molecular weight is 422 g/mol. The van der Waals surface area contributed by atoms with Gasteiger partial charge in [-0.2, -0.15) is 0 Å². The van der Waals surface area contributed by atoms with Gasteiger partial charge in [-0.15, -0.1) is 5.10 Å². The molecule has 2 aliphatic rings. The lowest BCUT2D eigenvalue weighted by atomic mass is 9.94. The number of H-pyrrole nitrogens is 1. The van der Waals surface area contributed by atoms with E-state index in [2.05, 4.69) is 50.3 Å². The Bertz CT molecular complexity index is 1120. The normalized spacial score (nSPS) is 19.7. The first-order valence-corrected chi connectivity index (χ1v) is 11.9. The Morgan fingerprint density at radius 2 is 1.74 bits per heavy atom. The summed E-state index contributed by atoms with van der Waals surface area (Å²) in [7, 11) is 0. The number of hydrogen-bond donors (Lipinski definition) is 2. The van der Waals surface area contributed by atoms with Gasteiger partial charge in [0.1, 0.15) is 0 Å². The molecule has 5 rings (SSSR count). The first-order chi connectivity index (χ1) is 15.1. The fraction of sp³-hybridized carbons (Fsp3) is 0.583. The van der Waals surface area contributed by atoms with Crippen LogP contribution in [0.4, 0.5) is 0 Å². The summed E-state index contributed by atoms with van der Waals surface area (Å²) in [5, 5.41) is 14.2. The SMILES string of the molecule is Cc1ccc(C)c2[nH]c(=O)c([C@@H](c3nnnn3C3CCCCC3)[NH+]3CCCCC3)cc12. The largest absolute Gasteiger partial charge is 0.322 e. The molecule has 2 N–H and O–H groups in total. The van der Waals surface area contributed by atoms with E-state index in [0.29, 0.717) is 6.04 Å². The van der Waals surface area contributed by atoms with Gasteiger partial charge in [0, 0.05) is 5.39 Å². The third-order valence-electron chi connectivity index (χ3n) is 7.38. The number of quaternary nitrogens is 1. The molecule has 1 atom stereocenters. The summed E-state index contributed by atoms with van der Waals surface area (Å²) in [5.74, 6) is 0.860. The molecule has 1 aromatic carbocycles. The number of nitrogens with zero attached hydrogens (tertiary/aromatic N) is 4. The second-order valence-corrected chi connectivity index (χ2v) is 9.47. The molecule has 3 heterocycles. The number of aromatic nitrogens is 5. The standard InChI is InChI=1S/C24H32N6O/c1-16-11-12-17(2)21-19(16)15-20(24(31)25-21)22(29-13-7-4-8-14-29)23-26-27-28-30(23)18-9-5-3-6-10-18/h11-12,15,18,22H,3-10,13-14H2,1-2H3,(H,25,31)/p+1/t22-/m0/s1. The number of likely N-dealkylation sites (tertiary alicyclic amines) is 1. The Labute approximate surface area is 182 Å². The molecule has 31 heavy (non-hydrogen) atoms. The Hall–Kier alpha value is -2.54. The van der Waals surface area contributed by atoms with Crippen molar-refractivity contribution in [3.8, 4) is 0 Å². The van der Waals surface area contributed by atoms with Crippen LogP contribution in [0.25, 0.3) is 10.9 Å². The maximum atomic E-state index is 13.4. The summed E-state index contributed by atoms with van der Waals surface area (Å²) >= 11 is 0. The molecule has 2 fully saturated rings. The smallest absolute Gasteiger partial charge is 0.258 e. The molecule has 1 aliphatic carbocycles. The van der Waals surface area contributed by atoms with Crippen LogP contribution in [-0.4, -0.2) is 38.3 Å². The zero-order valence-electron chi connectivity index (χ0n) is 18.7. The third kappa shape index (κ3) is 3.80. The van der Waals surface area contributed by atoms with Crippen molar-refractivity contribution in [2.24, 2.45) is 0 Å². The first-order valence-electron chi connectivity index (χ1n) is 11.9. The topological polar surface area (TPSA) is 80.9 Å². The lowest BCUT2D eigenvalue weighted by molar-refractivity contribution is -0.931. The van der Waals surface area contributed by atoms with E-state index in [-0.39, 0.29) is 11.6 Å². The van der Waals surface area contributed by atoms with Crippen molar-refractivity contribution in [3.63, 3.8) is 0 Å². The molecule has 7 nitrogen and oxygen atoms in total. The lowest BCUT2D eigenvalue weighted by Crippen LogP contribution is -3.13. The van der Waals surface area contributed by atoms with Gasteiger partial charge in [-0.25, -0.2) is 4.68 Å². The Balaban J connectivity index is 1.66. The highest BCUT2D eigenvalue weighted by Crippen LogP contribution is 2.30. The molecule has 2 aromatic heterocycles. The molecule has 1 saturated heterocycles. The summed E-state index contributed by atoms with van der Waals surface area (Å²) in [6.07, 6.45) is 9.59. The minimum absolute atomic E-state index is 0.0116. The Kier molecular flexibility index (Phi) is 5.61. The highest BCUT2D eigenvalue weighted by Gasteiger charge is 2.36. The van der Waals surface area contributed by atoms with Gasteiger partial charge in [0.25, 0.3) is 5.56 Å². The number of aryl methyl sites for hydroxylation is 2. The number of piperidine rings is 1. The van der Waals surface area contributed by atoms with E-state index in [0.717, 1.165) is 53.8 Å². The second kappa shape index (κ2) is 8.54. The molecule has 1 aliphatic heterocycles. The van der Waals surface area contributed by atoms with Crippen molar-refractivity contribution in [3.05, 3.63) is 51.1 Å². The summed E-state index contributed by atoms with van der Waals surface area (Å²) in [4.78, 5) is 18.0. The molecular weight excluding hydrogens is 388 g/mol. The van der Waals surface area contributed by atoms with Crippen LogP contribution < -0.4 is 10.5 Å². The molecule has 0 radical (unpaired) electrons. The third-order valence-corrected chi connectivity index (χ3v) is 7.38. The molecule has 164 valence electrons. The van der Waals surface area contributed by atoms with E-state index in [9.17, 15) is 4.79 Å². The quantitative estimate of drug-likeness (QED) is 0.679. The maximum absolute atomic E-state index is 13.4. The molecule has 1 saturated carbocycles. The van der Waals surface area contributed by atoms with E-state index >= 15 is 0 Å². The minimum atomic E-state index is -0.134. The number of rotatable bonds is 4. The van der Waals surface area contributed by atoms with Crippen LogP contribution in [-0.2, 0) is 0 Å². The summed E-state index contributed by atoms with van der Waals surface area (Å²) in [6, 6.07) is 6.53. The number of nitrogens with one attached hydrogen (secondary N) is 2. The van der Waals surface area contributed by atoms with Gasteiger partial charge in [-0.05, 0) is 73.6 Å². The van der Waals surface area contributed by atoms with Crippen LogP contribution in [0, 0.1) is 13.8 Å². The predicted molar refractivity (Wildman–Crippen MR) is 120 cm³/mol. The predicted octanol–water partition coefficient (Wildman–Crippen LogP) is 2.79. The van der Waals surface area contributed by atoms with Gasteiger partial charge in [-0.1, -0.05) is 31.4 Å². The molecule has 3 aromatic rings.